The van der Waals surface area contributed by atoms with Gasteiger partial charge in [-0.3, -0.25) is 10.1 Å². The number of nitrogens with zero attached hydrogens (tertiary/aromatic N) is 2. The van der Waals surface area contributed by atoms with Crippen LogP contribution in [0.25, 0.3) is 11.3 Å². The monoisotopic (exact) mass is 335 g/mol. The van der Waals surface area contributed by atoms with Gasteiger partial charge in [0.25, 0.3) is 5.91 Å². The summed E-state index contributed by atoms with van der Waals surface area (Å²) in [5.41, 5.74) is 2.54. The van der Waals surface area contributed by atoms with E-state index in [1.54, 1.807) is 31.4 Å². The first kappa shape index (κ1) is 15.7. The molecule has 2 aromatic carbocycles. The highest BCUT2D eigenvalue weighted by Gasteiger charge is 2.11. The Morgan fingerprint density at radius 1 is 1.25 bits per heavy atom. The first-order chi connectivity index (χ1) is 11.7. The number of hydrogen-bond donors (Lipinski definition) is 1. The molecule has 0 spiro atoms. The van der Waals surface area contributed by atoms with Gasteiger partial charge in [0.2, 0.25) is 0 Å². The van der Waals surface area contributed by atoms with Crippen LogP contribution in [-0.2, 0) is 0 Å². The summed E-state index contributed by atoms with van der Waals surface area (Å²) in [6.45, 7) is 0. The molecule has 5 nitrogen and oxygen atoms in total. The van der Waals surface area contributed by atoms with E-state index in [0.29, 0.717) is 16.3 Å². The summed E-state index contributed by atoms with van der Waals surface area (Å²) in [5.74, 6) is 0.457. The van der Waals surface area contributed by atoms with Crippen LogP contribution in [0, 0.1) is 11.3 Å². The van der Waals surface area contributed by atoms with Gasteiger partial charge in [0.1, 0.15) is 5.75 Å². The van der Waals surface area contributed by atoms with Crippen LogP contribution in [0.4, 0.5) is 5.13 Å². The average molecular weight is 335 g/mol. The molecule has 6 heteroatoms. The molecule has 0 aliphatic rings. The quantitative estimate of drug-likeness (QED) is 0.783. The van der Waals surface area contributed by atoms with Crippen molar-refractivity contribution in [1.82, 2.24) is 4.98 Å². The zero-order valence-electron chi connectivity index (χ0n) is 12.8. The van der Waals surface area contributed by atoms with Gasteiger partial charge in [-0.25, -0.2) is 4.98 Å². The number of hydrogen-bond acceptors (Lipinski definition) is 5. The maximum atomic E-state index is 12.3. The zero-order chi connectivity index (χ0) is 16.9. The van der Waals surface area contributed by atoms with Gasteiger partial charge in [-0.1, -0.05) is 18.2 Å². The lowest BCUT2D eigenvalue weighted by Crippen LogP contribution is -2.11. The minimum atomic E-state index is -0.293. The van der Waals surface area contributed by atoms with Gasteiger partial charge in [-0.05, 0) is 30.3 Å². The lowest BCUT2D eigenvalue weighted by molar-refractivity contribution is 0.102. The molecule has 0 radical (unpaired) electrons. The predicted molar refractivity (Wildman–Crippen MR) is 93.2 cm³/mol. The molecule has 3 aromatic rings. The minimum Gasteiger partial charge on any atom is -0.497 e. The Bertz CT molecular complexity index is 928. The van der Waals surface area contributed by atoms with Crippen LogP contribution >= 0.6 is 11.3 Å². The largest absolute Gasteiger partial charge is 0.497 e. The molecule has 0 fully saturated rings. The van der Waals surface area contributed by atoms with E-state index in [0.717, 1.165) is 17.0 Å². The Hall–Kier alpha value is -3.17. The molecule has 3 rings (SSSR count). The van der Waals surface area contributed by atoms with Crippen LogP contribution in [0.5, 0.6) is 5.75 Å². The van der Waals surface area contributed by atoms with E-state index in [2.05, 4.69) is 10.3 Å². The normalized spacial score (nSPS) is 10.0. The fourth-order valence-electron chi connectivity index (χ4n) is 2.15. The number of nitrogens with one attached hydrogen (secondary N) is 1. The fourth-order valence-corrected chi connectivity index (χ4v) is 2.86. The van der Waals surface area contributed by atoms with E-state index in [-0.39, 0.29) is 5.91 Å². The number of thiazole rings is 1. The third kappa shape index (κ3) is 3.42. The summed E-state index contributed by atoms with van der Waals surface area (Å²) in [7, 11) is 1.61. The van der Waals surface area contributed by atoms with E-state index < -0.39 is 0 Å². The molecule has 0 saturated heterocycles. The van der Waals surface area contributed by atoms with E-state index in [4.69, 9.17) is 10.00 Å². The number of nitriles is 1. The molecule has 0 atom stereocenters. The average Bonchev–Trinajstić information content (AvgIpc) is 3.10. The van der Waals surface area contributed by atoms with Crippen molar-refractivity contribution in [2.75, 3.05) is 12.4 Å². The second-order valence-corrected chi connectivity index (χ2v) is 5.77. The van der Waals surface area contributed by atoms with Crippen molar-refractivity contribution in [1.29, 1.82) is 5.26 Å². The topological polar surface area (TPSA) is 75.0 Å². The predicted octanol–water partition coefficient (Wildman–Crippen LogP) is 3.94. The summed E-state index contributed by atoms with van der Waals surface area (Å²) in [6, 6.07) is 16.1. The summed E-state index contributed by atoms with van der Waals surface area (Å²) in [4.78, 5) is 16.7. The molecular weight excluding hydrogens is 322 g/mol. The van der Waals surface area contributed by atoms with Gasteiger partial charge in [0, 0.05) is 16.5 Å². The highest BCUT2D eigenvalue weighted by Crippen LogP contribution is 2.27. The molecule has 0 aliphatic heterocycles. The highest BCUT2D eigenvalue weighted by atomic mass is 32.1. The third-order valence-corrected chi connectivity index (χ3v) is 4.10. The molecule has 1 heterocycles. The number of rotatable bonds is 4. The Labute approximate surface area is 143 Å². The van der Waals surface area contributed by atoms with Gasteiger partial charge in [0.05, 0.1) is 24.4 Å². The molecule has 1 aromatic heterocycles. The molecule has 0 saturated carbocycles. The van der Waals surface area contributed by atoms with Gasteiger partial charge in [0.15, 0.2) is 5.13 Å². The first-order valence-corrected chi connectivity index (χ1v) is 7.99. The first-order valence-electron chi connectivity index (χ1n) is 7.11. The minimum absolute atomic E-state index is 0.293. The lowest BCUT2D eigenvalue weighted by atomic mass is 10.1. The lowest BCUT2D eigenvalue weighted by Gasteiger charge is -2.03. The summed E-state index contributed by atoms with van der Waals surface area (Å²) in [5, 5.41) is 14.0. The van der Waals surface area contributed by atoms with Crippen molar-refractivity contribution in [3.63, 3.8) is 0 Å². The van der Waals surface area contributed by atoms with E-state index in [9.17, 15) is 4.79 Å². The van der Waals surface area contributed by atoms with E-state index >= 15 is 0 Å². The third-order valence-electron chi connectivity index (χ3n) is 3.34. The van der Waals surface area contributed by atoms with Crippen LogP contribution in [0.2, 0.25) is 0 Å². The number of aromatic nitrogens is 1. The van der Waals surface area contributed by atoms with Crippen molar-refractivity contribution in [2.45, 2.75) is 0 Å². The summed E-state index contributed by atoms with van der Waals surface area (Å²) < 4.78 is 5.21. The SMILES string of the molecule is COc1cccc(-c2csc(NC(=O)c3cccc(C#N)c3)n2)c1. The molecule has 0 unspecified atom stereocenters. The van der Waals surface area contributed by atoms with Crippen LogP contribution < -0.4 is 10.1 Å². The number of benzene rings is 2. The van der Waals surface area contributed by atoms with Crippen LogP contribution in [-0.4, -0.2) is 18.0 Å². The Morgan fingerprint density at radius 2 is 2.08 bits per heavy atom. The maximum Gasteiger partial charge on any atom is 0.257 e. The number of amides is 1. The summed E-state index contributed by atoms with van der Waals surface area (Å²) >= 11 is 1.34. The maximum absolute atomic E-state index is 12.3. The van der Waals surface area contributed by atoms with Gasteiger partial charge in [-0.15, -0.1) is 11.3 Å². The second kappa shape index (κ2) is 6.94. The highest BCUT2D eigenvalue weighted by molar-refractivity contribution is 7.14. The Kier molecular flexibility index (Phi) is 4.54. The van der Waals surface area contributed by atoms with Crippen molar-refractivity contribution in [3.05, 3.63) is 65.0 Å². The molecule has 1 amide bonds. The number of methoxy groups -OCH3 is 1. The van der Waals surface area contributed by atoms with E-state index in [1.807, 2.05) is 35.7 Å². The smallest absolute Gasteiger partial charge is 0.257 e. The number of ether oxygens (including phenoxy) is 1. The van der Waals surface area contributed by atoms with Crippen molar-refractivity contribution < 1.29 is 9.53 Å². The molecule has 0 aliphatic carbocycles. The molecule has 118 valence electrons. The van der Waals surface area contributed by atoms with Crippen molar-refractivity contribution in [3.8, 4) is 23.1 Å². The van der Waals surface area contributed by atoms with Gasteiger partial charge < -0.3 is 4.74 Å². The van der Waals surface area contributed by atoms with Crippen LogP contribution in [0.1, 0.15) is 15.9 Å². The Morgan fingerprint density at radius 3 is 2.88 bits per heavy atom. The van der Waals surface area contributed by atoms with Crippen LogP contribution in [0.3, 0.4) is 0 Å². The second-order valence-electron chi connectivity index (χ2n) is 4.92. The molecule has 24 heavy (non-hydrogen) atoms. The van der Waals surface area contributed by atoms with Gasteiger partial charge in [-0.2, -0.15) is 5.26 Å². The summed E-state index contributed by atoms with van der Waals surface area (Å²) in [6.07, 6.45) is 0. The molecule has 0 bridgehead atoms. The molecule has 1 N–H and O–H groups in total. The van der Waals surface area contributed by atoms with Crippen LogP contribution in [0.15, 0.2) is 53.9 Å². The van der Waals surface area contributed by atoms with Crippen molar-refractivity contribution >= 4 is 22.4 Å². The standard InChI is InChI=1S/C18H13N3O2S/c1-23-15-7-3-5-13(9-15)16-11-24-18(20-16)21-17(22)14-6-2-4-12(8-14)10-19/h2-9,11H,1H3,(H,20,21,22). The molecular formula is C18H13N3O2S. The van der Waals surface area contributed by atoms with Gasteiger partial charge >= 0.3 is 0 Å². The van der Waals surface area contributed by atoms with Crippen molar-refractivity contribution in [2.24, 2.45) is 0 Å². The van der Waals surface area contributed by atoms with E-state index in [1.165, 1.54) is 11.3 Å². The fraction of sp³-hybridized carbons (Fsp3) is 0.0556. The zero-order valence-corrected chi connectivity index (χ0v) is 13.6. The Balaban J connectivity index is 1.78. The number of anilines is 1. The number of carbonyl (C=O) groups excluding carboxylic acids is 1. The number of carbonyl (C=O) groups is 1.